The Morgan fingerprint density at radius 2 is 1.64 bits per heavy atom. The van der Waals surface area contributed by atoms with Crippen molar-refractivity contribution in [1.82, 2.24) is 25.8 Å². The molecular weight excluding hydrogens is 616 g/mol. The minimum absolute atomic E-state index is 0.00785. The topological polar surface area (TPSA) is 114 Å². The Hall–Kier alpha value is -4.41. The van der Waals surface area contributed by atoms with E-state index in [1.54, 1.807) is 21.9 Å². The molecule has 3 heterocycles. The molecular formula is C36H41ClN6O4. The van der Waals surface area contributed by atoms with Crippen molar-refractivity contribution >= 4 is 40.9 Å². The predicted octanol–water partition coefficient (Wildman–Crippen LogP) is 2.89. The number of benzene rings is 3. The fourth-order valence-corrected chi connectivity index (χ4v) is 7.15. The summed E-state index contributed by atoms with van der Waals surface area (Å²) in [7, 11) is 0. The van der Waals surface area contributed by atoms with Gasteiger partial charge in [-0.05, 0) is 60.2 Å². The van der Waals surface area contributed by atoms with Crippen LogP contribution in [0.25, 0.3) is 0 Å². The zero-order valence-electron chi connectivity index (χ0n) is 26.6. The van der Waals surface area contributed by atoms with Crippen molar-refractivity contribution in [2.75, 3.05) is 37.7 Å². The van der Waals surface area contributed by atoms with Gasteiger partial charge in [-0.25, -0.2) is 0 Å². The molecule has 0 aromatic heterocycles. The third-order valence-electron chi connectivity index (χ3n) is 9.61. The average molecular weight is 657 g/mol. The largest absolute Gasteiger partial charge is 0.355 e. The Labute approximate surface area is 280 Å². The van der Waals surface area contributed by atoms with E-state index < -0.39 is 17.6 Å². The molecule has 10 nitrogen and oxygen atoms in total. The molecule has 0 saturated carbocycles. The maximum atomic E-state index is 14.2. The van der Waals surface area contributed by atoms with Crippen molar-refractivity contribution in [3.63, 3.8) is 0 Å². The van der Waals surface area contributed by atoms with Crippen molar-refractivity contribution in [2.24, 2.45) is 0 Å². The van der Waals surface area contributed by atoms with Gasteiger partial charge in [-0.3, -0.25) is 19.2 Å². The van der Waals surface area contributed by atoms with E-state index >= 15 is 0 Å². The number of nitrogens with zero attached hydrogens (tertiary/aromatic N) is 3. The number of halogens is 1. The summed E-state index contributed by atoms with van der Waals surface area (Å²) >= 11 is 6.13. The van der Waals surface area contributed by atoms with Crippen molar-refractivity contribution in [3.05, 3.63) is 101 Å². The second-order valence-corrected chi connectivity index (χ2v) is 13.0. The first-order valence-corrected chi connectivity index (χ1v) is 16.6. The van der Waals surface area contributed by atoms with Crippen molar-refractivity contribution in [3.8, 4) is 0 Å². The van der Waals surface area contributed by atoms with Gasteiger partial charge in [0.25, 0.3) is 0 Å². The van der Waals surface area contributed by atoms with Crippen LogP contribution in [0.4, 0.5) is 5.69 Å². The number of amides is 4. The van der Waals surface area contributed by atoms with E-state index in [4.69, 9.17) is 11.6 Å². The molecule has 3 aromatic rings. The first-order valence-electron chi connectivity index (χ1n) is 16.2. The molecule has 2 saturated heterocycles. The number of piperidine rings is 1. The summed E-state index contributed by atoms with van der Waals surface area (Å²) in [5.41, 5.74) is 3.33. The lowest BCUT2D eigenvalue weighted by atomic mass is 9.85. The molecule has 1 spiro atoms. The summed E-state index contributed by atoms with van der Waals surface area (Å²) in [4.78, 5) is 59.0. The van der Waals surface area contributed by atoms with Gasteiger partial charge in [0.2, 0.25) is 23.6 Å². The van der Waals surface area contributed by atoms with Crippen molar-refractivity contribution < 1.29 is 19.2 Å². The van der Waals surface area contributed by atoms with E-state index in [1.165, 1.54) is 12.5 Å². The van der Waals surface area contributed by atoms with E-state index in [9.17, 15) is 19.2 Å². The van der Waals surface area contributed by atoms with Gasteiger partial charge in [0.05, 0.1) is 12.7 Å². The molecule has 4 amide bonds. The Bertz CT molecular complexity index is 1610. The van der Waals surface area contributed by atoms with Gasteiger partial charge in [0.15, 0.2) is 0 Å². The summed E-state index contributed by atoms with van der Waals surface area (Å²) < 4.78 is 0. The highest BCUT2D eigenvalue weighted by Crippen LogP contribution is 2.39. The van der Waals surface area contributed by atoms with Crippen LogP contribution in [0.5, 0.6) is 0 Å². The second kappa shape index (κ2) is 14.1. The Morgan fingerprint density at radius 3 is 2.34 bits per heavy atom. The summed E-state index contributed by atoms with van der Waals surface area (Å²) in [6, 6.07) is 24.0. The number of likely N-dealkylation sites (tertiary alicyclic amines) is 1. The molecule has 11 heteroatoms. The van der Waals surface area contributed by atoms with Crippen LogP contribution in [0, 0.1) is 0 Å². The molecule has 0 bridgehead atoms. The lowest BCUT2D eigenvalue weighted by Crippen LogP contribution is -2.60. The lowest BCUT2D eigenvalue weighted by Gasteiger charge is -2.44. The highest BCUT2D eigenvalue weighted by molar-refractivity contribution is 6.30. The second-order valence-electron chi connectivity index (χ2n) is 12.6. The smallest absolute Gasteiger partial charge is 0.250 e. The summed E-state index contributed by atoms with van der Waals surface area (Å²) in [5.74, 6) is -0.509. The van der Waals surface area contributed by atoms with E-state index in [0.717, 1.165) is 16.8 Å². The van der Waals surface area contributed by atoms with Gasteiger partial charge < -0.3 is 30.7 Å². The number of fused-ring (bicyclic) bond motifs is 1. The molecule has 246 valence electrons. The molecule has 0 aliphatic carbocycles. The van der Waals surface area contributed by atoms with Crippen LogP contribution in [0.3, 0.4) is 0 Å². The fraction of sp³-hybridized carbons (Fsp3) is 0.389. The van der Waals surface area contributed by atoms with Crippen molar-refractivity contribution in [2.45, 2.75) is 56.8 Å². The highest BCUT2D eigenvalue weighted by Gasteiger charge is 2.54. The van der Waals surface area contributed by atoms with Gasteiger partial charge in [0, 0.05) is 56.8 Å². The Kier molecular flexibility index (Phi) is 9.79. The van der Waals surface area contributed by atoms with Crippen LogP contribution in [0.15, 0.2) is 78.9 Å². The maximum absolute atomic E-state index is 14.2. The van der Waals surface area contributed by atoms with Crippen LogP contribution in [0.1, 0.15) is 36.5 Å². The molecule has 3 N–H and O–H groups in total. The van der Waals surface area contributed by atoms with Gasteiger partial charge >= 0.3 is 0 Å². The molecule has 3 aliphatic rings. The van der Waals surface area contributed by atoms with Crippen LogP contribution in [-0.4, -0.2) is 83.9 Å². The molecule has 0 radical (unpaired) electrons. The number of carbonyl (C=O) groups is 4. The van der Waals surface area contributed by atoms with Gasteiger partial charge in [0.1, 0.15) is 11.6 Å². The van der Waals surface area contributed by atoms with Crippen molar-refractivity contribution in [1.29, 1.82) is 0 Å². The molecule has 2 unspecified atom stereocenters. The molecule has 3 aliphatic heterocycles. The van der Waals surface area contributed by atoms with Crippen LogP contribution < -0.4 is 20.9 Å². The summed E-state index contributed by atoms with van der Waals surface area (Å²) in [6.07, 6.45) is 1.77. The number of hydrogen-bond acceptors (Lipinski definition) is 6. The van der Waals surface area contributed by atoms with Crippen LogP contribution >= 0.6 is 11.6 Å². The van der Waals surface area contributed by atoms with Crippen LogP contribution in [0.2, 0.25) is 5.02 Å². The van der Waals surface area contributed by atoms with Gasteiger partial charge in [-0.2, -0.15) is 0 Å². The Balaban J connectivity index is 1.18. The number of rotatable bonds is 9. The molecule has 6 rings (SSSR count). The number of carbonyl (C=O) groups excluding carboxylic acids is 4. The number of para-hydroxylation sites is 1. The number of anilines is 1. The molecule has 47 heavy (non-hydrogen) atoms. The Morgan fingerprint density at radius 1 is 0.957 bits per heavy atom. The third kappa shape index (κ3) is 7.13. The normalized spacial score (nSPS) is 19.3. The minimum atomic E-state index is -0.803. The summed E-state index contributed by atoms with van der Waals surface area (Å²) in [5, 5.41) is 9.79. The SMILES string of the molecule is CC(=O)NCCN1CN(c2ccccc2)C2(CCN(C(=O)C(Cc3ccc(Cl)cc3)NC(=O)C3Cc4ccccc4CN3)CC2)C1=O. The fourth-order valence-electron chi connectivity index (χ4n) is 7.03. The molecule has 2 fully saturated rings. The van der Waals surface area contributed by atoms with Crippen LogP contribution in [-0.2, 0) is 38.6 Å². The third-order valence-corrected chi connectivity index (χ3v) is 9.86. The van der Waals surface area contributed by atoms with Gasteiger partial charge in [-0.1, -0.05) is 66.2 Å². The number of nitrogens with one attached hydrogen (secondary N) is 3. The molecule has 2 atom stereocenters. The van der Waals surface area contributed by atoms with E-state index in [0.29, 0.717) is 70.1 Å². The average Bonchev–Trinajstić information content (AvgIpc) is 3.35. The lowest BCUT2D eigenvalue weighted by molar-refractivity contribution is -0.141. The predicted molar refractivity (Wildman–Crippen MR) is 181 cm³/mol. The maximum Gasteiger partial charge on any atom is 0.250 e. The summed E-state index contributed by atoms with van der Waals surface area (Å²) in [6.45, 7) is 3.97. The first kappa shape index (κ1) is 32.5. The van der Waals surface area contributed by atoms with Gasteiger partial charge in [-0.15, -0.1) is 0 Å². The zero-order chi connectivity index (χ0) is 33.0. The first-order chi connectivity index (χ1) is 22.7. The zero-order valence-corrected chi connectivity index (χ0v) is 27.3. The quantitative estimate of drug-likeness (QED) is 0.327. The highest BCUT2D eigenvalue weighted by atomic mass is 35.5. The minimum Gasteiger partial charge on any atom is -0.355 e. The van der Waals surface area contributed by atoms with E-state index in [-0.39, 0.29) is 23.6 Å². The van der Waals surface area contributed by atoms with E-state index in [2.05, 4.69) is 26.9 Å². The standard InChI is InChI=1S/C36H41ClN6O4/c1-25(44)38-17-20-42-24-43(30-9-3-2-4-10-30)36(35(42)47)15-18-41(19-16-36)34(46)32(21-26-11-13-29(37)14-12-26)40-33(45)31-22-27-7-5-6-8-28(27)23-39-31/h2-14,31-32,39H,15-24H2,1H3,(H,38,44)(H,40,45). The monoisotopic (exact) mass is 656 g/mol. The number of hydrogen-bond donors (Lipinski definition) is 3. The molecule has 3 aromatic carbocycles. The van der Waals surface area contributed by atoms with E-state index in [1.807, 2.05) is 60.7 Å².